The van der Waals surface area contributed by atoms with Crippen molar-refractivity contribution in [3.63, 3.8) is 0 Å². The van der Waals surface area contributed by atoms with Crippen molar-refractivity contribution in [2.45, 2.75) is 69.4 Å². The summed E-state index contributed by atoms with van der Waals surface area (Å²) in [7, 11) is 0. The summed E-state index contributed by atoms with van der Waals surface area (Å²) < 4.78 is 11.3. The summed E-state index contributed by atoms with van der Waals surface area (Å²) in [4.78, 5) is 10.8. The van der Waals surface area contributed by atoms with E-state index in [4.69, 9.17) is 9.47 Å². The number of aliphatic hydroxyl groups is 4. The van der Waals surface area contributed by atoms with Gasteiger partial charge >= 0.3 is 0 Å². The summed E-state index contributed by atoms with van der Waals surface area (Å²) in [5.74, 6) is 0.124. The Morgan fingerprint density at radius 3 is 2.52 bits per heavy atom. The van der Waals surface area contributed by atoms with E-state index in [0.29, 0.717) is 12.8 Å². The van der Waals surface area contributed by atoms with E-state index >= 15 is 0 Å². The van der Waals surface area contributed by atoms with Gasteiger partial charge in [-0.25, -0.2) is 0 Å². The van der Waals surface area contributed by atoms with Gasteiger partial charge in [-0.15, -0.1) is 0 Å². The Bertz CT molecular complexity index is 446. The molecule has 0 radical (unpaired) electrons. The lowest BCUT2D eigenvalue weighted by Gasteiger charge is -2.45. The average molecular weight is 330 g/mol. The molecule has 0 aromatic heterocycles. The number of hydrogen-bond donors (Lipinski definition) is 4. The second kappa shape index (κ2) is 7.38. The molecule has 2 aliphatic rings. The predicted octanol–water partition coefficient (Wildman–Crippen LogP) is -0.493. The molecule has 1 fully saturated rings. The number of hydrogen-bond acceptors (Lipinski definition) is 7. The van der Waals surface area contributed by atoms with E-state index < -0.39 is 42.9 Å². The molecule has 0 saturated carbocycles. The molecule has 23 heavy (non-hydrogen) atoms. The average Bonchev–Trinajstić information content (AvgIpc) is 2.55. The Labute approximate surface area is 135 Å². The highest BCUT2D eigenvalue weighted by Crippen LogP contribution is 2.36. The lowest BCUT2D eigenvalue weighted by molar-refractivity contribution is -0.328. The normalized spacial score (nSPS) is 39.0. The molecule has 2 rings (SSSR count). The van der Waals surface area contributed by atoms with Gasteiger partial charge in [-0.05, 0) is 44.6 Å². The van der Waals surface area contributed by atoms with E-state index in [0.717, 1.165) is 18.3 Å². The lowest BCUT2D eigenvalue weighted by atomic mass is 9.79. The number of rotatable bonds is 5. The molecular formula is C16H26O7. The second-order valence-electron chi connectivity index (χ2n) is 6.79. The van der Waals surface area contributed by atoms with Crippen LogP contribution in [0.15, 0.2) is 11.6 Å². The van der Waals surface area contributed by atoms with Gasteiger partial charge in [0.05, 0.1) is 12.2 Å². The van der Waals surface area contributed by atoms with Crippen LogP contribution in [-0.2, 0) is 14.3 Å². The summed E-state index contributed by atoms with van der Waals surface area (Å²) in [6.07, 6.45) is -1.50. The number of carbonyl (C=O) groups is 1. The summed E-state index contributed by atoms with van der Waals surface area (Å²) in [5, 5.41) is 38.9. The van der Waals surface area contributed by atoms with Crippen LogP contribution in [0.5, 0.6) is 0 Å². The van der Waals surface area contributed by atoms with Crippen LogP contribution >= 0.6 is 0 Å². The lowest BCUT2D eigenvalue weighted by Crippen LogP contribution is -2.60. The van der Waals surface area contributed by atoms with E-state index in [1.165, 1.54) is 0 Å². The van der Waals surface area contributed by atoms with Crippen LogP contribution in [0.3, 0.4) is 0 Å². The van der Waals surface area contributed by atoms with Crippen molar-refractivity contribution in [2.75, 3.05) is 6.61 Å². The fourth-order valence-electron chi connectivity index (χ4n) is 3.15. The van der Waals surface area contributed by atoms with Crippen LogP contribution in [0.4, 0.5) is 0 Å². The first-order chi connectivity index (χ1) is 10.8. The van der Waals surface area contributed by atoms with Crippen molar-refractivity contribution in [2.24, 2.45) is 5.92 Å². The number of ether oxygens (including phenoxy) is 2. The molecular weight excluding hydrogens is 304 g/mol. The van der Waals surface area contributed by atoms with Crippen molar-refractivity contribution in [3.05, 3.63) is 11.6 Å². The van der Waals surface area contributed by atoms with Gasteiger partial charge in [-0.3, -0.25) is 4.79 Å². The zero-order valence-electron chi connectivity index (χ0n) is 13.5. The summed E-state index contributed by atoms with van der Waals surface area (Å²) in [6.45, 7) is 3.23. The summed E-state index contributed by atoms with van der Waals surface area (Å²) in [5.41, 5.74) is 0.114. The second-order valence-corrected chi connectivity index (χ2v) is 6.79. The quantitative estimate of drug-likeness (QED) is 0.502. The van der Waals surface area contributed by atoms with Crippen molar-refractivity contribution < 1.29 is 34.7 Å². The van der Waals surface area contributed by atoms with E-state index in [2.05, 4.69) is 0 Å². The molecule has 0 bridgehead atoms. The number of aldehydes is 1. The van der Waals surface area contributed by atoms with Gasteiger partial charge < -0.3 is 29.9 Å². The third-order valence-electron chi connectivity index (χ3n) is 4.85. The Kier molecular flexibility index (Phi) is 5.94. The van der Waals surface area contributed by atoms with Crippen LogP contribution in [0.1, 0.15) is 33.1 Å². The smallest absolute Gasteiger partial charge is 0.187 e. The highest BCUT2D eigenvalue weighted by molar-refractivity contribution is 5.73. The van der Waals surface area contributed by atoms with Crippen molar-refractivity contribution in [1.82, 2.24) is 0 Å². The zero-order valence-corrected chi connectivity index (χ0v) is 13.5. The van der Waals surface area contributed by atoms with Crippen LogP contribution in [0.2, 0.25) is 0 Å². The Morgan fingerprint density at radius 1 is 1.30 bits per heavy atom. The molecule has 6 atom stereocenters. The van der Waals surface area contributed by atoms with E-state index in [9.17, 15) is 25.2 Å². The molecule has 1 aliphatic heterocycles. The highest BCUT2D eigenvalue weighted by atomic mass is 16.7. The molecule has 0 aromatic rings. The maximum atomic E-state index is 10.8. The molecule has 0 aromatic carbocycles. The fraction of sp³-hybridized carbons (Fsp3) is 0.812. The minimum atomic E-state index is -1.45. The van der Waals surface area contributed by atoms with Crippen molar-refractivity contribution in [1.29, 1.82) is 0 Å². The number of aliphatic hydroxyl groups excluding tert-OH is 4. The Balaban J connectivity index is 2.04. The topological polar surface area (TPSA) is 116 Å². The predicted molar refractivity (Wildman–Crippen MR) is 80.4 cm³/mol. The standard InChI is InChI=1S/C16H26O7/c1-16(2,10-5-3-9(7-17)4-6-10)23-15-14(21)13(20)12(19)11(8-18)22-15/h3,7,10-15,18-21H,4-6,8H2,1-2H3/t10-,11-,12-,13+,14-,15+/m1/s1. The summed E-state index contributed by atoms with van der Waals surface area (Å²) >= 11 is 0. The van der Waals surface area contributed by atoms with Gasteiger partial charge in [-0.2, -0.15) is 0 Å². The highest BCUT2D eigenvalue weighted by Gasteiger charge is 2.46. The maximum Gasteiger partial charge on any atom is 0.187 e. The molecule has 0 amide bonds. The minimum absolute atomic E-state index is 0.124. The molecule has 4 N–H and O–H groups in total. The first-order valence-electron chi connectivity index (χ1n) is 7.92. The van der Waals surface area contributed by atoms with Gasteiger partial charge in [0.15, 0.2) is 6.29 Å². The fourth-order valence-corrected chi connectivity index (χ4v) is 3.15. The van der Waals surface area contributed by atoms with Gasteiger partial charge in [0.25, 0.3) is 0 Å². The maximum absolute atomic E-state index is 10.8. The third-order valence-corrected chi connectivity index (χ3v) is 4.85. The van der Waals surface area contributed by atoms with Gasteiger partial charge in [0.1, 0.15) is 30.7 Å². The van der Waals surface area contributed by atoms with Crippen LogP contribution in [0, 0.1) is 5.92 Å². The monoisotopic (exact) mass is 330 g/mol. The molecule has 0 spiro atoms. The van der Waals surface area contributed by atoms with Crippen LogP contribution in [-0.4, -0.2) is 69.6 Å². The largest absolute Gasteiger partial charge is 0.394 e. The Morgan fingerprint density at radius 2 is 2.00 bits per heavy atom. The number of carbonyl (C=O) groups excluding carboxylic acids is 1. The molecule has 1 heterocycles. The third kappa shape index (κ3) is 3.99. The van der Waals surface area contributed by atoms with Crippen molar-refractivity contribution >= 4 is 6.29 Å². The molecule has 132 valence electrons. The molecule has 1 aliphatic carbocycles. The van der Waals surface area contributed by atoms with E-state index in [-0.39, 0.29) is 5.92 Å². The Hall–Kier alpha value is -0.830. The first kappa shape index (κ1) is 18.5. The molecule has 1 saturated heterocycles. The number of allylic oxidation sites excluding steroid dienone is 2. The first-order valence-corrected chi connectivity index (χ1v) is 7.92. The summed E-state index contributed by atoms with van der Waals surface area (Å²) in [6, 6.07) is 0. The van der Waals surface area contributed by atoms with Crippen molar-refractivity contribution in [3.8, 4) is 0 Å². The zero-order chi connectivity index (χ0) is 17.2. The van der Waals surface area contributed by atoms with Gasteiger partial charge in [0, 0.05) is 0 Å². The molecule has 0 unspecified atom stereocenters. The van der Waals surface area contributed by atoms with E-state index in [1.807, 2.05) is 19.9 Å². The minimum Gasteiger partial charge on any atom is -0.394 e. The van der Waals surface area contributed by atoms with E-state index in [1.54, 1.807) is 0 Å². The SMILES string of the molecule is CC(C)(O[C@@H]1O[C@H](CO)[C@@H](O)[C@H](O)[C@H]1O)[C@@H]1CC=C(C=O)CC1. The van der Waals surface area contributed by atoms with Crippen LogP contribution in [0.25, 0.3) is 0 Å². The van der Waals surface area contributed by atoms with Gasteiger partial charge in [0.2, 0.25) is 0 Å². The molecule has 7 nitrogen and oxygen atoms in total. The van der Waals surface area contributed by atoms with Crippen LogP contribution < -0.4 is 0 Å². The molecule has 7 heteroatoms. The van der Waals surface area contributed by atoms with Gasteiger partial charge in [-0.1, -0.05) is 6.08 Å².